The minimum Gasteiger partial charge on any atom is -0.494 e. The Kier molecular flexibility index (Phi) is 6.74. The number of hydrogen-bond donors (Lipinski definition) is 1. The second kappa shape index (κ2) is 9.72. The van der Waals surface area contributed by atoms with Crippen molar-refractivity contribution in [2.45, 2.75) is 25.7 Å². The van der Waals surface area contributed by atoms with Gasteiger partial charge < -0.3 is 14.8 Å². The van der Waals surface area contributed by atoms with Gasteiger partial charge in [-0.3, -0.25) is 4.99 Å². The molecule has 0 aliphatic carbocycles. The highest BCUT2D eigenvalue weighted by Crippen LogP contribution is 2.16. The Morgan fingerprint density at radius 2 is 1.60 bits per heavy atom. The van der Waals surface area contributed by atoms with Crippen LogP contribution in [0.4, 0.5) is 0 Å². The molecule has 25 heavy (non-hydrogen) atoms. The van der Waals surface area contributed by atoms with Crippen LogP contribution in [-0.2, 0) is 6.42 Å². The van der Waals surface area contributed by atoms with E-state index in [4.69, 9.17) is 9.47 Å². The summed E-state index contributed by atoms with van der Waals surface area (Å²) in [6.45, 7) is 3.33. The Hall–Kier alpha value is -2.49. The normalized spacial score (nSPS) is 13.2. The maximum atomic E-state index is 5.87. The monoisotopic (exact) mass is 338 g/mol. The number of aliphatic imine (C=N–C) groups is 1. The van der Waals surface area contributed by atoms with Gasteiger partial charge in [-0.2, -0.15) is 0 Å². The second-order valence-corrected chi connectivity index (χ2v) is 6.12. The van der Waals surface area contributed by atoms with Crippen molar-refractivity contribution >= 4 is 5.84 Å². The van der Waals surface area contributed by atoms with Crippen LogP contribution in [0.2, 0.25) is 0 Å². The summed E-state index contributed by atoms with van der Waals surface area (Å²) in [6, 6.07) is 18.3. The standard InChI is InChI=1S/C21H26N2O2/c1-2-8-19(9-3-1)24-15-4-5-16-25-20-10-6-7-18(17-20)11-12-21-22-13-14-23-21/h1-3,6-10,17H,4-5,11-16H2,(H,22,23). The molecule has 4 nitrogen and oxygen atoms in total. The van der Waals surface area contributed by atoms with Crippen LogP contribution in [0.5, 0.6) is 11.5 Å². The number of para-hydroxylation sites is 1. The van der Waals surface area contributed by atoms with Crippen molar-refractivity contribution in [3.8, 4) is 11.5 Å². The van der Waals surface area contributed by atoms with Gasteiger partial charge in [0.1, 0.15) is 11.5 Å². The number of nitrogens with zero attached hydrogens (tertiary/aromatic N) is 1. The largest absolute Gasteiger partial charge is 0.494 e. The molecular formula is C21H26N2O2. The predicted molar refractivity (Wildman–Crippen MR) is 102 cm³/mol. The SMILES string of the molecule is c1ccc(OCCCCOc2cccc(CCC3=NCCN3)c2)cc1. The summed E-state index contributed by atoms with van der Waals surface area (Å²) in [6.07, 6.45) is 3.94. The van der Waals surface area contributed by atoms with Crippen molar-refractivity contribution in [3.63, 3.8) is 0 Å². The third-order valence-electron chi connectivity index (χ3n) is 4.11. The average Bonchev–Trinajstić information content (AvgIpc) is 3.18. The fourth-order valence-corrected chi connectivity index (χ4v) is 2.77. The minimum absolute atomic E-state index is 0.718. The lowest BCUT2D eigenvalue weighted by Crippen LogP contribution is -2.18. The Balaban J connectivity index is 1.32. The van der Waals surface area contributed by atoms with Gasteiger partial charge >= 0.3 is 0 Å². The smallest absolute Gasteiger partial charge is 0.119 e. The molecule has 0 saturated heterocycles. The fraction of sp³-hybridized carbons (Fsp3) is 0.381. The number of rotatable bonds is 10. The molecule has 4 heteroatoms. The highest BCUT2D eigenvalue weighted by molar-refractivity contribution is 5.83. The first-order valence-electron chi connectivity index (χ1n) is 9.07. The van der Waals surface area contributed by atoms with E-state index in [1.165, 1.54) is 5.56 Å². The van der Waals surface area contributed by atoms with Crippen molar-refractivity contribution in [1.82, 2.24) is 5.32 Å². The molecule has 0 fully saturated rings. The Morgan fingerprint density at radius 1 is 0.840 bits per heavy atom. The maximum Gasteiger partial charge on any atom is 0.119 e. The van der Waals surface area contributed by atoms with Crippen LogP contribution in [0, 0.1) is 0 Å². The molecule has 1 aliphatic heterocycles. The summed E-state index contributed by atoms with van der Waals surface area (Å²) in [5.41, 5.74) is 1.29. The molecular weight excluding hydrogens is 312 g/mol. The van der Waals surface area contributed by atoms with Gasteiger partial charge in [0.15, 0.2) is 0 Å². The van der Waals surface area contributed by atoms with E-state index in [1.807, 2.05) is 36.4 Å². The molecule has 132 valence electrons. The lowest BCUT2D eigenvalue weighted by molar-refractivity contribution is 0.266. The second-order valence-electron chi connectivity index (χ2n) is 6.12. The van der Waals surface area contributed by atoms with E-state index in [0.717, 1.165) is 69.3 Å². The van der Waals surface area contributed by atoms with Gasteiger partial charge in [0, 0.05) is 13.0 Å². The zero-order valence-electron chi connectivity index (χ0n) is 14.6. The summed E-state index contributed by atoms with van der Waals surface area (Å²) in [4.78, 5) is 4.44. The molecule has 0 radical (unpaired) electrons. The molecule has 0 spiro atoms. The number of amidine groups is 1. The molecule has 2 aromatic carbocycles. The van der Waals surface area contributed by atoms with Crippen LogP contribution in [-0.4, -0.2) is 32.1 Å². The van der Waals surface area contributed by atoms with E-state index in [9.17, 15) is 0 Å². The molecule has 3 rings (SSSR count). The number of ether oxygens (including phenoxy) is 2. The molecule has 0 atom stereocenters. The molecule has 0 unspecified atom stereocenters. The summed E-state index contributed by atoms with van der Waals surface area (Å²) in [5, 5.41) is 3.31. The van der Waals surface area contributed by atoms with Gasteiger partial charge in [0.2, 0.25) is 0 Å². The van der Waals surface area contributed by atoms with Gasteiger partial charge in [-0.25, -0.2) is 0 Å². The molecule has 0 saturated carbocycles. The molecule has 0 bridgehead atoms. The lowest BCUT2D eigenvalue weighted by atomic mass is 10.1. The van der Waals surface area contributed by atoms with Crippen LogP contribution in [0.25, 0.3) is 0 Å². The molecule has 2 aromatic rings. The number of hydrogen-bond acceptors (Lipinski definition) is 4. The first-order valence-corrected chi connectivity index (χ1v) is 9.07. The van der Waals surface area contributed by atoms with Crippen molar-refractivity contribution in [1.29, 1.82) is 0 Å². The first-order chi connectivity index (χ1) is 12.4. The highest BCUT2D eigenvalue weighted by Gasteiger charge is 2.05. The summed E-state index contributed by atoms with van der Waals surface area (Å²) < 4.78 is 11.6. The van der Waals surface area contributed by atoms with Crippen molar-refractivity contribution in [3.05, 3.63) is 60.2 Å². The zero-order chi connectivity index (χ0) is 17.2. The van der Waals surface area contributed by atoms with E-state index < -0.39 is 0 Å². The van der Waals surface area contributed by atoms with E-state index in [-0.39, 0.29) is 0 Å². The van der Waals surface area contributed by atoms with E-state index in [0.29, 0.717) is 0 Å². The average molecular weight is 338 g/mol. The quantitative estimate of drug-likeness (QED) is 0.669. The van der Waals surface area contributed by atoms with Crippen molar-refractivity contribution in [2.24, 2.45) is 4.99 Å². The van der Waals surface area contributed by atoms with Crippen molar-refractivity contribution in [2.75, 3.05) is 26.3 Å². The molecule has 1 aliphatic rings. The van der Waals surface area contributed by atoms with Gasteiger partial charge in [0.05, 0.1) is 25.6 Å². The minimum atomic E-state index is 0.718. The van der Waals surface area contributed by atoms with Crippen LogP contribution < -0.4 is 14.8 Å². The maximum absolute atomic E-state index is 5.87. The third-order valence-corrected chi connectivity index (χ3v) is 4.11. The fourth-order valence-electron chi connectivity index (χ4n) is 2.77. The number of nitrogens with one attached hydrogen (secondary N) is 1. The molecule has 1 N–H and O–H groups in total. The third kappa shape index (κ3) is 6.14. The van der Waals surface area contributed by atoms with Crippen molar-refractivity contribution < 1.29 is 9.47 Å². The van der Waals surface area contributed by atoms with Crippen LogP contribution in [0.1, 0.15) is 24.8 Å². The molecule has 0 amide bonds. The van der Waals surface area contributed by atoms with E-state index in [1.54, 1.807) is 0 Å². The molecule has 1 heterocycles. The van der Waals surface area contributed by atoms with Gasteiger partial charge in [0.25, 0.3) is 0 Å². The summed E-state index contributed by atoms with van der Waals surface area (Å²) in [7, 11) is 0. The van der Waals surface area contributed by atoms with Crippen LogP contribution >= 0.6 is 0 Å². The Bertz CT molecular complexity index is 671. The molecule has 0 aromatic heterocycles. The van der Waals surface area contributed by atoms with E-state index >= 15 is 0 Å². The van der Waals surface area contributed by atoms with Gasteiger partial charge in [-0.15, -0.1) is 0 Å². The number of unbranched alkanes of at least 4 members (excludes halogenated alkanes) is 1. The highest BCUT2D eigenvalue weighted by atomic mass is 16.5. The van der Waals surface area contributed by atoms with Crippen LogP contribution in [0.3, 0.4) is 0 Å². The summed E-state index contributed by atoms with van der Waals surface area (Å²) >= 11 is 0. The zero-order valence-corrected chi connectivity index (χ0v) is 14.6. The number of benzene rings is 2. The van der Waals surface area contributed by atoms with Crippen LogP contribution in [0.15, 0.2) is 59.6 Å². The lowest BCUT2D eigenvalue weighted by Gasteiger charge is -2.09. The first kappa shape index (κ1) is 17.3. The summed E-state index contributed by atoms with van der Waals surface area (Å²) in [5.74, 6) is 3.00. The Labute approximate surface area is 149 Å². The Morgan fingerprint density at radius 3 is 2.36 bits per heavy atom. The predicted octanol–water partition coefficient (Wildman–Crippen LogP) is 3.86. The van der Waals surface area contributed by atoms with Gasteiger partial charge in [-0.05, 0) is 49.1 Å². The number of aryl methyl sites for hydroxylation is 1. The van der Waals surface area contributed by atoms with Gasteiger partial charge in [-0.1, -0.05) is 30.3 Å². The topological polar surface area (TPSA) is 42.9 Å². The van der Waals surface area contributed by atoms with E-state index in [2.05, 4.69) is 28.5 Å².